The lowest BCUT2D eigenvalue weighted by Gasteiger charge is -2.24. The van der Waals surface area contributed by atoms with Gasteiger partial charge in [-0.15, -0.1) is 0 Å². The average Bonchev–Trinajstić information content (AvgIpc) is 2.00. The lowest BCUT2D eigenvalue weighted by Crippen LogP contribution is -2.18. The van der Waals surface area contributed by atoms with Gasteiger partial charge >= 0.3 is 0 Å². The van der Waals surface area contributed by atoms with Crippen molar-refractivity contribution in [3.8, 4) is 5.75 Å². The molecule has 2 nitrogen and oxygen atoms in total. The van der Waals surface area contributed by atoms with Crippen LogP contribution < -0.4 is 4.74 Å². The molecule has 0 spiro atoms. The fourth-order valence-electron chi connectivity index (χ4n) is 1.98. The molecular weight excluding hydrogens is 256 g/mol. The fraction of sp³-hybridized carbons (Fsp3) is 0.500. The Kier molecular flexibility index (Phi) is 3.46. The topological polar surface area (TPSA) is 29.5 Å². The highest BCUT2D eigenvalue weighted by atomic mass is 79.9. The summed E-state index contributed by atoms with van der Waals surface area (Å²) in [6.45, 7) is 7.50. The maximum atomic E-state index is 10.1. The van der Waals surface area contributed by atoms with Crippen LogP contribution in [0.2, 0.25) is 0 Å². The molecular formula is C12H17BrO2. The molecule has 0 aliphatic rings. The number of benzene rings is 1. The van der Waals surface area contributed by atoms with Gasteiger partial charge in [-0.25, -0.2) is 0 Å². The molecule has 0 amide bonds. The van der Waals surface area contributed by atoms with Crippen LogP contribution in [0, 0.1) is 13.8 Å². The van der Waals surface area contributed by atoms with Crippen molar-refractivity contribution >= 4 is 15.9 Å². The molecule has 84 valence electrons. The van der Waals surface area contributed by atoms with Crippen LogP contribution in [0.3, 0.4) is 0 Å². The quantitative estimate of drug-likeness (QED) is 0.895. The summed E-state index contributed by atoms with van der Waals surface area (Å²) in [6, 6.07) is 1.97. The lowest BCUT2D eigenvalue weighted by molar-refractivity contribution is 0.0768. The molecule has 15 heavy (non-hydrogen) atoms. The van der Waals surface area contributed by atoms with Crippen molar-refractivity contribution in [2.75, 3.05) is 7.11 Å². The Morgan fingerprint density at radius 3 is 2.27 bits per heavy atom. The molecule has 3 heteroatoms. The van der Waals surface area contributed by atoms with Gasteiger partial charge in [-0.1, -0.05) is 15.9 Å². The normalized spacial score (nSPS) is 11.7. The average molecular weight is 273 g/mol. The van der Waals surface area contributed by atoms with Crippen LogP contribution in [0.1, 0.15) is 30.5 Å². The second-order valence-electron chi connectivity index (χ2n) is 4.27. The summed E-state index contributed by atoms with van der Waals surface area (Å²) < 4.78 is 6.26. The molecule has 0 aliphatic carbocycles. The molecule has 0 bridgehead atoms. The predicted octanol–water partition coefficient (Wildman–Crippen LogP) is 3.30. The molecule has 0 aliphatic heterocycles. The van der Waals surface area contributed by atoms with Gasteiger partial charge in [0.2, 0.25) is 0 Å². The summed E-state index contributed by atoms with van der Waals surface area (Å²) in [5.41, 5.74) is 2.06. The summed E-state index contributed by atoms with van der Waals surface area (Å²) in [5, 5.41) is 10.1. The first kappa shape index (κ1) is 12.5. The highest BCUT2D eigenvalue weighted by Crippen LogP contribution is 2.37. The number of methoxy groups -OCH3 is 1. The molecule has 0 aromatic heterocycles. The standard InChI is InChI=1S/C12H17BrO2/c1-7-6-9(13)10(12(3,4)14)8(2)11(7)15-5/h6,14H,1-5H3. The first-order chi connectivity index (χ1) is 6.79. The number of hydrogen-bond donors (Lipinski definition) is 1. The number of hydrogen-bond acceptors (Lipinski definition) is 2. The van der Waals surface area contributed by atoms with E-state index in [-0.39, 0.29) is 0 Å². The maximum Gasteiger partial charge on any atom is 0.125 e. The first-order valence-corrected chi connectivity index (χ1v) is 5.65. The predicted molar refractivity (Wildman–Crippen MR) is 65.4 cm³/mol. The zero-order valence-electron chi connectivity index (χ0n) is 9.81. The lowest BCUT2D eigenvalue weighted by atomic mass is 9.92. The Labute approximate surface area is 99.4 Å². The minimum Gasteiger partial charge on any atom is -0.496 e. The van der Waals surface area contributed by atoms with E-state index in [2.05, 4.69) is 15.9 Å². The monoisotopic (exact) mass is 272 g/mol. The molecule has 0 fully saturated rings. The van der Waals surface area contributed by atoms with Gasteiger partial charge in [0.15, 0.2) is 0 Å². The third kappa shape index (κ3) is 2.34. The highest BCUT2D eigenvalue weighted by Gasteiger charge is 2.24. The third-order valence-corrected chi connectivity index (χ3v) is 3.10. The van der Waals surface area contributed by atoms with Gasteiger partial charge < -0.3 is 9.84 Å². The minimum absolute atomic E-state index is 0.843. The van der Waals surface area contributed by atoms with Gasteiger partial charge in [0.1, 0.15) is 5.75 Å². The molecule has 0 radical (unpaired) electrons. The fourth-order valence-corrected chi connectivity index (χ4v) is 3.11. The van der Waals surface area contributed by atoms with Crippen molar-refractivity contribution in [1.82, 2.24) is 0 Å². The van der Waals surface area contributed by atoms with Crippen molar-refractivity contribution in [3.63, 3.8) is 0 Å². The van der Waals surface area contributed by atoms with Crippen molar-refractivity contribution in [3.05, 3.63) is 27.2 Å². The number of ether oxygens (including phenoxy) is 1. The molecule has 0 saturated carbocycles. The van der Waals surface area contributed by atoms with Gasteiger partial charge in [0, 0.05) is 10.0 Å². The summed E-state index contributed by atoms with van der Waals surface area (Å²) >= 11 is 3.48. The van der Waals surface area contributed by atoms with E-state index in [1.165, 1.54) is 0 Å². The molecule has 0 unspecified atom stereocenters. The first-order valence-electron chi connectivity index (χ1n) is 4.85. The molecule has 1 aromatic rings. The third-order valence-electron chi connectivity index (χ3n) is 2.47. The van der Waals surface area contributed by atoms with Crippen LogP contribution in [0.5, 0.6) is 5.75 Å². The minimum atomic E-state index is -0.871. The van der Waals surface area contributed by atoms with Gasteiger partial charge in [-0.05, 0) is 44.9 Å². The Balaban J connectivity index is 3.53. The van der Waals surface area contributed by atoms with Crippen LogP contribution in [0.25, 0.3) is 0 Å². The van der Waals surface area contributed by atoms with Crippen LogP contribution in [0.4, 0.5) is 0 Å². The zero-order chi connectivity index (χ0) is 11.8. The van der Waals surface area contributed by atoms with Gasteiger partial charge in [0.25, 0.3) is 0 Å². The summed E-state index contributed by atoms with van der Waals surface area (Å²) in [7, 11) is 1.65. The van der Waals surface area contributed by atoms with E-state index < -0.39 is 5.60 Å². The van der Waals surface area contributed by atoms with Crippen molar-refractivity contribution < 1.29 is 9.84 Å². The second-order valence-corrected chi connectivity index (χ2v) is 5.12. The van der Waals surface area contributed by atoms with Gasteiger partial charge in [-0.2, -0.15) is 0 Å². The Morgan fingerprint density at radius 2 is 1.87 bits per heavy atom. The van der Waals surface area contributed by atoms with E-state index in [9.17, 15) is 5.11 Å². The van der Waals surface area contributed by atoms with E-state index in [0.29, 0.717) is 0 Å². The van der Waals surface area contributed by atoms with E-state index in [4.69, 9.17) is 4.74 Å². The smallest absolute Gasteiger partial charge is 0.125 e. The van der Waals surface area contributed by atoms with Gasteiger partial charge in [0.05, 0.1) is 12.7 Å². The van der Waals surface area contributed by atoms with E-state index in [0.717, 1.165) is 26.9 Å². The zero-order valence-corrected chi connectivity index (χ0v) is 11.4. The van der Waals surface area contributed by atoms with Crippen LogP contribution in [-0.4, -0.2) is 12.2 Å². The SMILES string of the molecule is COc1c(C)cc(Br)c(C(C)(C)O)c1C. The Morgan fingerprint density at radius 1 is 1.33 bits per heavy atom. The largest absolute Gasteiger partial charge is 0.496 e. The van der Waals surface area contributed by atoms with E-state index in [1.807, 2.05) is 19.9 Å². The van der Waals surface area contributed by atoms with Crippen LogP contribution in [0.15, 0.2) is 10.5 Å². The number of halogens is 1. The molecule has 0 saturated heterocycles. The molecule has 1 aromatic carbocycles. The van der Waals surface area contributed by atoms with Gasteiger partial charge in [-0.3, -0.25) is 0 Å². The van der Waals surface area contributed by atoms with Crippen LogP contribution >= 0.6 is 15.9 Å². The number of rotatable bonds is 2. The molecule has 0 atom stereocenters. The molecule has 0 heterocycles. The second kappa shape index (κ2) is 4.14. The van der Waals surface area contributed by atoms with Crippen molar-refractivity contribution in [2.45, 2.75) is 33.3 Å². The molecule has 1 rings (SSSR count). The van der Waals surface area contributed by atoms with Crippen LogP contribution in [-0.2, 0) is 5.60 Å². The van der Waals surface area contributed by atoms with Crippen molar-refractivity contribution in [2.24, 2.45) is 0 Å². The molecule has 1 N–H and O–H groups in total. The maximum absolute atomic E-state index is 10.1. The van der Waals surface area contributed by atoms with E-state index in [1.54, 1.807) is 21.0 Å². The van der Waals surface area contributed by atoms with E-state index >= 15 is 0 Å². The summed E-state index contributed by atoms with van der Waals surface area (Å²) in [4.78, 5) is 0. The highest BCUT2D eigenvalue weighted by molar-refractivity contribution is 9.10. The van der Waals surface area contributed by atoms with Crippen molar-refractivity contribution in [1.29, 1.82) is 0 Å². The summed E-state index contributed by atoms with van der Waals surface area (Å²) in [5.74, 6) is 0.843. The number of aryl methyl sites for hydroxylation is 1. The Bertz CT molecular complexity index is 378. The summed E-state index contributed by atoms with van der Waals surface area (Å²) in [6.07, 6.45) is 0. The number of aliphatic hydroxyl groups is 1. The Hall–Kier alpha value is -0.540.